The Hall–Kier alpha value is -1.00. The topological polar surface area (TPSA) is 12.0 Å². The van der Waals surface area contributed by atoms with Crippen LogP contribution in [0.1, 0.15) is 52.4 Å². The normalized spacial score (nSPS) is 27.6. The van der Waals surface area contributed by atoms with E-state index in [1.165, 1.54) is 36.8 Å². The summed E-state index contributed by atoms with van der Waals surface area (Å²) >= 11 is 0. The molecule has 0 heterocycles. The van der Waals surface area contributed by atoms with Crippen molar-refractivity contribution in [3.8, 4) is 12.3 Å². The van der Waals surface area contributed by atoms with Gasteiger partial charge in [0.05, 0.1) is 5.54 Å². The van der Waals surface area contributed by atoms with E-state index >= 15 is 0 Å². The summed E-state index contributed by atoms with van der Waals surface area (Å²) in [4.78, 5) is 0. The lowest BCUT2D eigenvalue weighted by Gasteiger charge is -2.30. The first-order chi connectivity index (χ1) is 8.55. The van der Waals surface area contributed by atoms with Crippen LogP contribution in [0.3, 0.4) is 0 Å². The fraction of sp³-hybridized carbons (Fsp3) is 0.647. The van der Waals surface area contributed by atoms with Gasteiger partial charge in [0.2, 0.25) is 0 Å². The molecule has 1 saturated carbocycles. The third-order valence-corrected chi connectivity index (χ3v) is 4.31. The average molecular weight is 243 g/mol. The minimum atomic E-state index is -0.251. The molecule has 0 aromatic heterocycles. The Morgan fingerprint density at radius 2 is 2.22 bits per heavy atom. The van der Waals surface area contributed by atoms with E-state index in [-0.39, 0.29) is 5.54 Å². The van der Waals surface area contributed by atoms with Crippen molar-refractivity contribution in [2.24, 2.45) is 5.92 Å². The number of hydrogen-bond donors (Lipinski definition) is 1. The van der Waals surface area contributed by atoms with E-state index in [9.17, 15) is 0 Å². The fourth-order valence-electron chi connectivity index (χ4n) is 2.78. The first-order valence-corrected chi connectivity index (χ1v) is 7.15. The van der Waals surface area contributed by atoms with Crippen LogP contribution in [0.25, 0.3) is 0 Å². The number of hydrogen-bond acceptors (Lipinski definition) is 1. The van der Waals surface area contributed by atoms with Crippen LogP contribution >= 0.6 is 0 Å². The first-order valence-electron chi connectivity index (χ1n) is 7.15. The molecule has 0 amide bonds. The third kappa shape index (κ3) is 3.06. The predicted octanol–water partition coefficient (Wildman–Crippen LogP) is 3.82. The van der Waals surface area contributed by atoms with Crippen LogP contribution in [0.5, 0.6) is 0 Å². The van der Waals surface area contributed by atoms with Gasteiger partial charge in [-0.3, -0.25) is 5.32 Å². The minimum absolute atomic E-state index is 0.251. The summed E-state index contributed by atoms with van der Waals surface area (Å²) in [5, 5.41) is 3.64. The molecule has 1 nitrogen and oxygen atoms in total. The Balaban J connectivity index is 2.15. The SMILES string of the molecule is C#CC(C)(NC1CC1)C1=CCCCC(C(=C)C)C1. The molecule has 18 heavy (non-hydrogen) atoms. The highest BCUT2D eigenvalue weighted by molar-refractivity contribution is 5.34. The molecule has 2 aliphatic carbocycles. The average Bonchev–Trinajstić information content (AvgIpc) is 3.13. The van der Waals surface area contributed by atoms with Gasteiger partial charge in [-0.2, -0.15) is 0 Å². The smallest absolute Gasteiger partial charge is 0.0986 e. The Morgan fingerprint density at radius 3 is 2.78 bits per heavy atom. The van der Waals surface area contributed by atoms with E-state index in [0.717, 1.165) is 12.8 Å². The van der Waals surface area contributed by atoms with Crippen molar-refractivity contribution in [2.75, 3.05) is 0 Å². The quantitative estimate of drug-likeness (QED) is 0.584. The van der Waals surface area contributed by atoms with Gasteiger partial charge in [0, 0.05) is 6.04 Å². The van der Waals surface area contributed by atoms with Crippen LogP contribution in [0.2, 0.25) is 0 Å². The Labute approximate surface area is 112 Å². The van der Waals surface area contributed by atoms with Gasteiger partial charge in [-0.1, -0.05) is 24.1 Å². The van der Waals surface area contributed by atoms with Gasteiger partial charge in [0.15, 0.2) is 0 Å². The van der Waals surface area contributed by atoms with Gasteiger partial charge in [-0.05, 0) is 63.9 Å². The van der Waals surface area contributed by atoms with E-state index in [2.05, 4.69) is 37.7 Å². The Morgan fingerprint density at radius 1 is 1.50 bits per heavy atom. The summed E-state index contributed by atoms with van der Waals surface area (Å²) in [6, 6.07) is 0.637. The standard InChI is InChI=1S/C17H25N/c1-5-17(4,18-16-10-11-16)15-9-7-6-8-14(12-15)13(2)3/h1,9,14,16,18H,2,6-8,10-12H2,3-4H3. The number of terminal acetylenes is 1. The Kier molecular flexibility index (Phi) is 3.97. The number of nitrogens with one attached hydrogen (secondary N) is 1. The summed E-state index contributed by atoms with van der Waals surface area (Å²) in [5.74, 6) is 3.60. The van der Waals surface area contributed by atoms with Gasteiger partial charge in [-0.15, -0.1) is 6.42 Å². The zero-order chi connectivity index (χ0) is 13.2. The van der Waals surface area contributed by atoms with Crippen molar-refractivity contribution in [2.45, 2.75) is 64.0 Å². The van der Waals surface area contributed by atoms with Crippen LogP contribution in [0.4, 0.5) is 0 Å². The maximum atomic E-state index is 5.81. The molecular weight excluding hydrogens is 218 g/mol. The molecular formula is C17H25N. The molecule has 2 atom stereocenters. The molecule has 1 heteroatoms. The van der Waals surface area contributed by atoms with Gasteiger partial charge in [0.1, 0.15) is 0 Å². The highest BCUT2D eigenvalue weighted by Crippen LogP contribution is 2.35. The lowest BCUT2D eigenvalue weighted by Crippen LogP contribution is -2.44. The highest BCUT2D eigenvalue weighted by atomic mass is 15.0. The monoisotopic (exact) mass is 243 g/mol. The van der Waals surface area contributed by atoms with E-state index in [1.54, 1.807) is 0 Å². The molecule has 2 unspecified atom stereocenters. The summed E-state index contributed by atoms with van der Waals surface area (Å²) < 4.78 is 0. The fourth-order valence-corrected chi connectivity index (χ4v) is 2.78. The number of rotatable bonds is 4. The summed E-state index contributed by atoms with van der Waals surface area (Å²) in [7, 11) is 0. The van der Waals surface area contributed by atoms with Crippen LogP contribution in [-0.4, -0.2) is 11.6 Å². The number of allylic oxidation sites excluding steroid dienone is 2. The molecule has 0 aliphatic heterocycles. The minimum Gasteiger partial charge on any atom is -0.295 e. The maximum absolute atomic E-state index is 5.81. The molecule has 0 radical (unpaired) electrons. The van der Waals surface area contributed by atoms with Gasteiger partial charge in [0.25, 0.3) is 0 Å². The second-order valence-electron chi connectivity index (χ2n) is 6.10. The van der Waals surface area contributed by atoms with Crippen LogP contribution in [0.15, 0.2) is 23.8 Å². The second-order valence-corrected chi connectivity index (χ2v) is 6.10. The van der Waals surface area contributed by atoms with Crippen LogP contribution < -0.4 is 5.32 Å². The molecule has 0 bridgehead atoms. The van der Waals surface area contributed by atoms with Gasteiger partial charge >= 0.3 is 0 Å². The lowest BCUT2D eigenvalue weighted by molar-refractivity contribution is 0.465. The maximum Gasteiger partial charge on any atom is 0.0986 e. The van der Waals surface area contributed by atoms with Crippen molar-refractivity contribution >= 4 is 0 Å². The molecule has 0 aromatic rings. The molecule has 0 aromatic carbocycles. The van der Waals surface area contributed by atoms with Crippen molar-refractivity contribution in [3.63, 3.8) is 0 Å². The molecule has 2 aliphatic rings. The van der Waals surface area contributed by atoms with Gasteiger partial charge in [-0.25, -0.2) is 0 Å². The highest BCUT2D eigenvalue weighted by Gasteiger charge is 2.35. The van der Waals surface area contributed by atoms with E-state index in [0.29, 0.717) is 12.0 Å². The second kappa shape index (κ2) is 5.33. The first kappa shape index (κ1) is 13.4. The van der Waals surface area contributed by atoms with Crippen molar-refractivity contribution in [3.05, 3.63) is 23.8 Å². The summed E-state index contributed by atoms with van der Waals surface area (Å²) in [6.07, 6.45) is 15.5. The van der Waals surface area contributed by atoms with Crippen molar-refractivity contribution in [1.82, 2.24) is 5.32 Å². The zero-order valence-electron chi connectivity index (χ0n) is 11.8. The molecule has 0 saturated heterocycles. The largest absolute Gasteiger partial charge is 0.295 e. The summed E-state index contributed by atoms with van der Waals surface area (Å²) in [5.41, 5.74) is 2.45. The van der Waals surface area contributed by atoms with Crippen molar-refractivity contribution < 1.29 is 0 Å². The predicted molar refractivity (Wildman–Crippen MR) is 78.3 cm³/mol. The van der Waals surface area contributed by atoms with Crippen LogP contribution in [0, 0.1) is 18.3 Å². The summed E-state index contributed by atoms with van der Waals surface area (Å²) in [6.45, 7) is 8.45. The van der Waals surface area contributed by atoms with Gasteiger partial charge < -0.3 is 0 Å². The molecule has 2 rings (SSSR count). The third-order valence-electron chi connectivity index (χ3n) is 4.31. The van der Waals surface area contributed by atoms with Crippen molar-refractivity contribution in [1.29, 1.82) is 0 Å². The zero-order valence-corrected chi connectivity index (χ0v) is 11.8. The molecule has 98 valence electrons. The van der Waals surface area contributed by atoms with E-state index in [1.807, 2.05) is 0 Å². The van der Waals surface area contributed by atoms with Crippen LogP contribution in [-0.2, 0) is 0 Å². The van der Waals surface area contributed by atoms with E-state index < -0.39 is 0 Å². The lowest BCUT2D eigenvalue weighted by atomic mass is 9.83. The molecule has 1 fully saturated rings. The van der Waals surface area contributed by atoms with E-state index in [4.69, 9.17) is 6.42 Å². The molecule has 0 spiro atoms. The Bertz CT molecular complexity index is 394. The molecule has 1 N–H and O–H groups in total.